The lowest BCUT2D eigenvalue weighted by atomic mass is 10.0. The second kappa shape index (κ2) is 5.91. The molecule has 0 bridgehead atoms. The third-order valence-electron chi connectivity index (χ3n) is 2.48. The number of benzene rings is 2. The van der Waals surface area contributed by atoms with Crippen LogP contribution in [0.4, 0.5) is 4.39 Å². The Kier molecular flexibility index (Phi) is 4.70. The monoisotopic (exact) mass is 410 g/mol. The van der Waals surface area contributed by atoms with E-state index in [1.54, 1.807) is 6.07 Å². The number of hydrogen-bond acceptors (Lipinski definition) is 0. The van der Waals surface area contributed by atoms with Crippen LogP contribution in [0, 0.1) is 5.82 Å². The fourth-order valence-corrected chi connectivity index (χ4v) is 2.61. The van der Waals surface area contributed by atoms with Crippen LogP contribution < -0.4 is 0 Å². The highest BCUT2D eigenvalue weighted by atomic mass is 79.9. The average molecular weight is 413 g/mol. The molecule has 5 heteroatoms. The van der Waals surface area contributed by atoms with Gasteiger partial charge in [0, 0.05) is 14.5 Å². The molecule has 0 aromatic heterocycles. The first-order valence-electron chi connectivity index (χ1n) is 5.03. The van der Waals surface area contributed by atoms with Crippen LogP contribution in [0.5, 0.6) is 0 Å². The van der Waals surface area contributed by atoms with Crippen molar-refractivity contribution in [1.82, 2.24) is 0 Å². The van der Waals surface area contributed by atoms with Crippen molar-refractivity contribution in [2.45, 2.75) is 5.38 Å². The number of rotatable bonds is 2. The highest BCUT2D eigenvalue weighted by Gasteiger charge is 2.17. The third kappa shape index (κ3) is 3.08. The molecular weight excluding hydrogens is 406 g/mol. The van der Waals surface area contributed by atoms with E-state index in [2.05, 4.69) is 31.9 Å². The fourth-order valence-electron chi connectivity index (χ4n) is 1.54. The molecule has 2 aromatic rings. The lowest BCUT2D eigenvalue weighted by Crippen LogP contribution is -1.97. The summed E-state index contributed by atoms with van der Waals surface area (Å²) >= 11 is 18.8. The summed E-state index contributed by atoms with van der Waals surface area (Å²) in [7, 11) is 0. The van der Waals surface area contributed by atoms with Crippen molar-refractivity contribution in [2.75, 3.05) is 0 Å². The molecule has 0 spiro atoms. The summed E-state index contributed by atoms with van der Waals surface area (Å²) in [5, 5.41) is -0.127. The van der Waals surface area contributed by atoms with Gasteiger partial charge in [0.2, 0.25) is 0 Å². The van der Waals surface area contributed by atoms with Gasteiger partial charge in [0.05, 0.1) is 10.4 Å². The topological polar surface area (TPSA) is 0 Å². The molecule has 0 heterocycles. The quantitative estimate of drug-likeness (QED) is 0.399. The fraction of sp³-hybridized carbons (Fsp3) is 0.0769. The van der Waals surface area contributed by atoms with Crippen molar-refractivity contribution in [3.05, 3.63) is 67.3 Å². The van der Waals surface area contributed by atoms with E-state index in [4.69, 9.17) is 23.2 Å². The molecule has 2 rings (SSSR count). The maximum Gasteiger partial charge on any atom is 0.129 e. The SMILES string of the molecule is Fc1cc(Br)c(Cl)cc1C(Cl)c1ccc(Br)cc1. The molecule has 94 valence electrons. The lowest BCUT2D eigenvalue weighted by Gasteiger charge is -2.12. The minimum Gasteiger partial charge on any atom is -0.207 e. The van der Waals surface area contributed by atoms with Crippen LogP contribution in [0.15, 0.2) is 45.3 Å². The smallest absolute Gasteiger partial charge is 0.129 e. The molecule has 2 aromatic carbocycles. The predicted octanol–water partition coefficient (Wildman–Crippen LogP) is 6.33. The van der Waals surface area contributed by atoms with Crippen molar-refractivity contribution in [3.8, 4) is 0 Å². The van der Waals surface area contributed by atoms with Crippen molar-refractivity contribution in [3.63, 3.8) is 0 Å². The van der Waals surface area contributed by atoms with E-state index in [1.165, 1.54) is 6.07 Å². The van der Waals surface area contributed by atoms with E-state index in [1.807, 2.05) is 24.3 Å². The van der Waals surface area contributed by atoms with Crippen molar-refractivity contribution >= 4 is 55.1 Å². The highest BCUT2D eigenvalue weighted by molar-refractivity contribution is 9.10. The number of alkyl halides is 1. The summed E-state index contributed by atoms with van der Waals surface area (Å²) in [5.41, 5.74) is 1.18. The molecule has 0 aliphatic carbocycles. The minimum atomic E-state index is -0.566. The van der Waals surface area contributed by atoms with Gasteiger partial charge in [0.1, 0.15) is 5.82 Å². The molecule has 18 heavy (non-hydrogen) atoms. The molecular formula is C13H7Br2Cl2F. The second-order valence-corrected chi connectivity index (χ2v) is 6.32. The Labute approximate surface area is 131 Å². The van der Waals surface area contributed by atoms with Gasteiger partial charge in [-0.25, -0.2) is 4.39 Å². The average Bonchev–Trinajstić information content (AvgIpc) is 2.34. The largest absolute Gasteiger partial charge is 0.207 e. The Morgan fingerprint density at radius 3 is 2.28 bits per heavy atom. The first kappa shape index (κ1) is 14.3. The maximum absolute atomic E-state index is 13.9. The summed E-state index contributed by atoms with van der Waals surface area (Å²) in [6, 6.07) is 10.3. The molecule has 0 aliphatic rings. The van der Waals surface area contributed by atoms with E-state index in [0.29, 0.717) is 15.1 Å². The van der Waals surface area contributed by atoms with Gasteiger partial charge < -0.3 is 0 Å². The predicted molar refractivity (Wildman–Crippen MR) is 80.9 cm³/mol. The molecule has 0 radical (unpaired) electrons. The first-order chi connectivity index (χ1) is 8.49. The van der Waals surface area contributed by atoms with Crippen LogP contribution in [-0.2, 0) is 0 Å². The zero-order valence-electron chi connectivity index (χ0n) is 8.93. The molecule has 0 saturated carbocycles. The zero-order valence-corrected chi connectivity index (χ0v) is 13.6. The van der Waals surface area contributed by atoms with Crippen LogP contribution in [-0.4, -0.2) is 0 Å². The standard InChI is InChI=1S/C13H7Br2Cl2F/c14-8-3-1-7(2-4-8)13(17)9-5-11(16)10(15)6-12(9)18/h1-6,13H. The van der Waals surface area contributed by atoms with Crippen LogP contribution in [0.25, 0.3) is 0 Å². The lowest BCUT2D eigenvalue weighted by molar-refractivity contribution is 0.611. The summed E-state index contributed by atoms with van der Waals surface area (Å²) in [6.07, 6.45) is 0. The minimum absolute atomic E-state index is 0.368. The molecule has 0 saturated heterocycles. The van der Waals surface area contributed by atoms with Gasteiger partial charge in [-0.1, -0.05) is 39.7 Å². The van der Waals surface area contributed by atoms with E-state index in [-0.39, 0.29) is 5.82 Å². The maximum atomic E-state index is 13.9. The number of hydrogen-bond donors (Lipinski definition) is 0. The molecule has 1 unspecified atom stereocenters. The summed E-state index contributed by atoms with van der Waals surface area (Å²) in [5.74, 6) is -0.380. The molecule has 1 atom stereocenters. The van der Waals surface area contributed by atoms with E-state index in [9.17, 15) is 4.39 Å². The van der Waals surface area contributed by atoms with Gasteiger partial charge in [0.25, 0.3) is 0 Å². The molecule has 0 aliphatic heterocycles. The van der Waals surface area contributed by atoms with Gasteiger partial charge >= 0.3 is 0 Å². The van der Waals surface area contributed by atoms with Gasteiger partial charge in [-0.2, -0.15) is 0 Å². The summed E-state index contributed by atoms with van der Waals surface area (Å²) in [4.78, 5) is 0. The van der Waals surface area contributed by atoms with Crippen LogP contribution in [0.3, 0.4) is 0 Å². The Balaban J connectivity index is 2.42. The Bertz CT molecular complexity index is 570. The Morgan fingerprint density at radius 1 is 1.06 bits per heavy atom. The first-order valence-corrected chi connectivity index (χ1v) is 7.43. The molecule has 0 fully saturated rings. The Hall–Kier alpha value is -0.0900. The summed E-state index contributed by atoms with van der Waals surface area (Å²) in [6.45, 7) is 0. The normalized spacial score (nSPS) is 12.5. The van der Waals surface area contributed by atoms with Crippen molar-refractivity contribution in [2.24, 2.45) is 0 Å². The van der Waals surface area contributed by atoms with Crippen LogP contribution in [0.1, 0.15) is 16.5 Å². The zero-order chi connectivity index (χ0) is 13.3. The van der Waals surface area contributed by atoms with Gasteiger partial charge in [-0.15, -0.1) is 11.6 Å². The van der Waals surface area contributed by atoms with Crippen LogP contribution in [0.2, 0.25) is 5.02 Å². The van der Waals surface area contributed by atoms with Crippen LogP contribution >= 0.6 is 55.1 Å². The highest BCUT2D eigenvalue weighted by Crippen LogP contribution is 2.35. The third-order valence-corrected chi connectivity index (χ3v) is 4.69. The van der Waals surface area contributed by atoms with E-state index in [0.717, 1.165) is 10.0 Å². The second-order valence-electron chi connectivity index (χ2n) is 3.70. The molecule has 0 amide bonds. The number of halogens is 5. The van der Waals surface area contributed by atoms with Crippen molar-refractivity contribution < 1.29 is 4.39 Å². The van der Waals surface area contributed by atoms with Gasteiger partial charge in [-0.05, 0) is 45.8 Å². The van der Waals surface area contributed by atoms with Gasteiger partial charge in [0.15, 0.2) is 0 Å². The van der Waals surface area contributed by atoms with Crippen molar-refractivity contribution in [1.29, 1.82) is 0 Å². The molecule has 0 N–H and O–H groups in total. The van der Waals surface area contributed by atoms with Gasteiger partial charge in [-0.3, -0.25) is 0 Å². The summed E-state index contributed by atoms with van der Waals surface area (Å²) < 4.78 is 15.3. The molecule has 0 nitrogen and oxygen atoms in total. The van der Waals surface area contributed by atoms with E-state index < -0.39 is 5.38 Å². The van der Waals surface area contributed by atoms with E-state index >= 15 is 0 Å². The Morgan fingerprint density at radius 2 is 1.67 bits per heavy atom.